The van der Waals surface area contributed by atoms with Gasteiger partial charge in [0.25, 0.3) is 5.91 Å². The highest BCUT2D eigenvalue weighted by atomic mass is 19.1. The molecule has 1 atom stereocenters. The summed E-state index contributed by atoms with van der Waals surface area (Å²) in [6, 6.07) is 21.3. The number of halogens is 1. The Balaban J connectivity index is 1.67. The number of carbonyl (C=O) groups excluding carboxylic acids is 2. The van der Waals surface area contributed by atoms with Crippen molar-refractivity contribution in [2.45, 2.75) is 19.1 Å². The van der Waals surface area contributed by atoms with Crippen molar-refractivity contribution in [2.75, 3.05) is 7.11 Å². The van der Waals surface area contributed by atoms with E-state index in [0.29, 0.717) is 12.4 Å². The molecular formula is C24H22FNO4. The molecule has 3 rings (SSSR count). The smallest absolute Gasteiger partial charge is 0.328 e. The zero-order valence-electron chi connectivity index (χ0n) is 16.5. The van der Waals surface area contributed by atoms with E-state index in [-0.39, 0.29) is 12.0 Å². The Hall–Kier alpha value is -3.67. The molecule has 6 heteroatoms. The van der Waals surface area contributed by atoms with E-state index in [1.165, 1.54) is 31.4 Å². The third-order valence-corrected chi connectivity index (χ3v) is 4.48. The van der Waals surface area contributed by atoms with E-state index in [4.69, 9.17) is 9.47 Å². The van der Waals surface area contributed by atoms with E-state index in [9.17, 15) is 14.0 Å². The minimum absolute atomic E-state index is 0.224. The van der Waals surface area contributed by atoms with Crippen LogP contribution in [0.2, 0.25) is 0 Å². The first-order valence-corrected chi connectivity index (χ1v) is 9.45. The second kappa shape index (κ2) is 10.2. The minimum atomic E-state index is -0.892. The van der Waals surface area contributed by atoms with Crippen LogP contribution in [0.25, 0.3) is 0 Å². The number of carbonyl (C=O) groups is 2. The third-order valence-electron chi connectivity index (χ3n) is 4.48. The fourth-order valence-corrected chi connectivity index (χ4v) is 2.92. The molecule has 0 saturated carbocycles. The number of amides is 1. The normalized spacial score (nSPS) is 11.4. The van der Waals surface area contributed by atoms with E-state index in [0.717, 1.165) is 11.1 Å². The number of esters is 1. The molecule has 1 amide bonds. The molecule has 0 saturated heterocycles. The Morgan fingerprint density at radius 3 is 2.33 bits per heavy atom. The largest absolute Gasteiger partial charge is 0.489 e. The van der Waals surface area contributed by atoms with Crippen molar-refractivity contribution in [2.24, 2.45) is 0 Å². The maximum absolute atomic E-state index is 13.1. The lowest BCUT2D eigenvalue weighted by molar-refractivity contribution is -0.142. The van der Waals surface area contributed by atoms with Gasteiger partial charge in [-0.3, -0.25) is 4.79 Å². The summed E-state index contributed by atoms with van der Waals surface area (Å²) in [5.41, 5.74) is 2.10. The number of benzene rings is 3. The lowest BCUT2D eigenvalue weighted by Gasteiger charge is -2.17. The van der Waals surface area contributed by atoms with E-state index < -0.39 is 23.7 Å². The second-order valence-electron chi connectivity index (χ2n) is 6.68. The van der Waals surface area contributed by atoms with Crippen LogP contribution in [-0.4, -0.2) is 25.0 Å². The fraction of sp³-hybridized carbons (Fsp3) is 0.167. The lowest BCUT2D eigenvalue weighted by atomic mass is 10.0. The Bertz CT molecular complexity index is 990. The summed E-state index contributed by atoms with van der Waals surface area (Å²) in [7, 11) is 1.26. The van der Waals surface area contributed by atoms with Gasteiger partial charge in [-0.2, -0.15) is 0 Å². The van der Waals surface area contributed by atoms with E-state index in [2.05, 4.69) is 5.32 Å². The van der Waals surface area contributed by atoms with Crippen LogP contribution in [-0.2, 0) is 22.6 Å². The quantitative estimate of drug-likeness (QED) is 0.575. The average molecular weight is 407 g/mol. The number of nitrogens with one attached hydrogen (secondary N) is 1. The fourth-order valence-electron chi connectivity index (χ4n) is 2.92. The van der Waals surface area contributed by atoms with Gasteiger partial charge in [-0.05, 0) is 47.5 Å². The van der Waals surface area contributed by atoms with Gasteiger partial charge in [-0.25, -0.2) is 9.18 Å². The number of ether oxygens (including phenoxy) is 2. The molecule has 0 aliphatic rings. The number of rotatable bonds is 8. The van der Waals surface area contributed by atoms with Gasteiger partial charge in [-0.15, -0.1) is 0 Å². The Kier molecular flexibility index (Phi) is 7.16. The second-order valence-corrected chi connectivity index (χ2v) is 6.68. The summed E-state index contributed by atoms with van der Waals surface area (Å²) in [4.78, 5) is 24.6. The van der Waals surface area contributed by atoms with Gasteiger partial charge in [0.2, 0.25) is 0 Å². The van der Waals surface area contributed by atoms with Crippen LogP contribution >= 0.6 is 0 Å². The number of hydrogen-bond donors (Lipinski definition) is 1. The highest BCUT2D eigenvalue weighted by Gasteiger charge is 2.23. The molecule has 0 bridgehead atoms. The molecule has 1 N–H and O–H groups in total. The van der Waals surface area contributed by atoms with E-state index >= 15 is 0 Å². The molecule has 0 fully saturated rings. The standard InChI is InChI=1S/C24H22FNO4/c1-29-24(28)22(26-23(27)19-10-12-20(25)13-11-19)15-18-8-5-9-21(14-18)30-16-17-6-3-2-4-7-17/h2-14,22H,15-16H2,1H3,(H,26,27)/t22-/m0/s1. The monoisotopic (exact) mass is 407 g/mol. The van der Waals surface area contributed by atoms with Crippen LogP contribution in [0.15, 0.2) is 78.9 Å². The first kappa shape index (κ1) is 21.0. The van der Waals surface area contributed by atoms with Crippen LogP contribution in [0.1, 0.15) is 21.5 Å². The molecule has 3 aromatic carbocycles. The first-order chi connectivity index (χ1) is 14.5. The van der Waals surface area contributed by atoms with Gasteiger partial charge in [-0.1, -0.05) is 42.5 Å². The molecule has 5 nitrogen and oxygen atoms in total. The predicted octanol–water partition coefficient (Wildman–Crippen LogP) is 3.92. The minimum Gasteiger partial charge on any atom is -0.489 e. The Morgan fingerprint density at radius 1 is 0.933 bits per heavy atom. The van der Waals surface area contributed by atoms with Crippen molar-refractivity contribution < 1.29 is 23.5 Å². The Morgan fingerprint density at radius 2 is 1.63 bits per heavy atom. The third kappa shape index (κ3) is 5.91. The van der Waals surface area contributed by atoms with Gasteiger partial charge in [0.05, 0.1) is 7.11 Å². The molecule has 3 aromatic rings. The van der Waals surface area contributed by atoms with E-state index in [1.54, 1.807) is 0 Å². The van der Waals surface area contributed by atoms with Crippen molar-refractivity contribution in [3.8, 4) is 5.75 Å². The van der Waals surface area contributed by atoms with E-state index in [1.807, 2.05) is 54.6 Å². The summed E-state index contributed by atoms with van der Waals surface area (Å²) < 4.78 is 23.7. The molecule has 0 aliphatic carbocycles. The van der Waals surface area contributed by atoms with Crippen molar-refractivity contribution in [3.05, 3.63) is 101 Å². The molecule has 0 spiro atoms. The summed E-state index contributed by atoms with van der Waals surface area (Å²) in [6.07, 6.45) is 0.224. The Labute approximate surface area is 174 Å². The summed E-state index contributed by atoms with van der Waals surface area (Å²) in [5.74, 6) is -0.837. The highest BCUT2D eigenvalue weighted by Crippen LogP contribution is 2.17. The van der Waals surface area contributed by atoms with Crippen molar-refractivity contribution in [1.82, 2.24) is 5.32 Å². The van der Waals surface area contributed by atoms with Crippen molar-refractivity contribution >= 4 is 11.9 Å². The summed E-state index contributed by atoms with van der Waals surface area (Å²) in [6.45, 7) is 0.423. The SMILES string of the molecule is COC(=O)[C@H](Cc1cccc(OCc2ccccc2)c1)NC(=O)c1ccc(F)cc1. The van der Waals surface area contributed by atoms with Gasteiger partial charge in [0.15, 0.2) is 0 Å². The maximum Gasteiger partial charge on any atom is 0.328 e. The van der Waals surface area contributed by atoms with Crippen LogP contribution < -0.4 is 10.1 Å². The van der Waals surface area contributed by atoms with Gasteiger partial charge in [0, 0.05) is 12.0 Å². The van der Waals surface area contributed by atoms with Crippen molar-refractivity contribution in [1.29, 1.82) is 0 Å². The zero-order chi connectivity index (χ0) is 21.3. The summed E-state index contributed by atoms with van der Waals surface area (Å²) >= 11 is 0. The zero-order valence-corrected chi connectivity index (χ0v) is 16.5. The topological polar surface area (TPSA) is 64.6 Å². The lowest BCUT2D eigenvalue weighted by Crippen LogP contribution is -2.43. The summed E-state index contributed by atoms with van der Waals surface area (Å²) in [5, 5.41) is 2.65. The number of methoxy groups -OCH3 is 1. The maximum atomic E-state index is 13.1. The average Bonchev–Trinajstić information content (AvgIpc) is 2.78. The molecule has 154 valence electrons. The molecular weight excluding hydrogens is 385 g/mol. The highest BCUT2D eigenvalue weighted by molar-refractivity contribution is 5.96. The van der Waals surface area contributed by atoms with Crippen LogP contribution in [0.4, 0.5) is 4.39 Å². The molecule has 30 heavy (non-hydrogen) atoms. The molecule has 0 aliphatic heterocycles. The van der Waals surface area contributed by atoms with Gasteiger partial charge >= 0.3 is 5.97 Å². The molecule has 0 unspecified atom stereocenters. The van der Waals surface area contributed by atoms with Crippen LogP contribution in [0, 0.1) is 5.82 Å². The molecule has 0 radical (unpaired) electrons. The first-order valence-electron chi connectivity index (χ1n) is 9.45. The van der Waals surface area contributed by atoms with Gasteiger partial charge in [0.1, 0.15) is 24.2 Å². The van der Waals surface area contributed by atoms with Crippen LogP contribution in [0.5, 0.6) is 5.75 Å². The predicted molar refractivity (Wildman–Crippen MR) is 111 cm³/mol. The molecule has 0 heterocycles. The van der Waals surface area contributed by atoms with Crippen molar-refractivity contribution in [3.63, 3.8) is 0 Å². The molecule has 0 aromatic heterocycles. The van der Waals surface area contributed by atoms with Crippen LogP contribution in [0.3, 0.4) is 0 Å². The van der Waals surface area contributed by atoms with Gasteiger partial charge < -0.3 is 14.8 Å². The number of hydrogen-bond acceptors (Lipinski definition) is 4.